The fourth-order valence-electron chi connectivity index (χ4n) is 1.65. The molecule has 8 heteroatoms. The van der Waals surface area contributed by atoms with Crippen LogP contribution in [0.2, 0.25) is 10.0 Å². The van der Waals surface area contributed by atoms with Crippen LogP contribution >= 0.6 is 34.5 Å². The number of aromatic nitrogens is 4. The summed E-state index contributed by atoms with van der Waals surface area (Å²) in [7, 11) is 1.60. The third-order valence-electron chi connectivity index (χ3n) is 2.49. The van der Waals surface area contributed by atoms with Crippen LogP contribution in [0.3, 0.4) is 0 Å². The van der Waals surface area contributed by atoms with Crippen molar-refractivity contribution in [2.75, 3.05) is 7.11 Å². The molecule has 5 nitrogen and oxygen atoms in total. The predicted octanol–water partition coefficient (Wildman–Crippen LogP) is 3.31. The van der Waals surface area contributed by atoms with E-state index in [1.807, 2.05) is 6.07 Å². The van der Waals surface area contributed by atoms with Gasteiger partial charge in [-0.1, -0.05) is 34.5 Å². The number of methoxy groups -OCH3 is 1. The van der Waals surface area contributed by atoms with Gasteiger partial charge in [0.15, 0.2) is 5.82 Å². The first-order valence-corrected chi connectivity index (χ1v) is 6.92. The van der Waals surface area contributed by atoms with Crippen molar-refractivity contribution in [1.82, 2.24) is 19.8 Å². The molecule has 0 spiro atoms. The van der Waals surface area contributed by atoms with E-state index in [0.717, 1.165) is 10.6 Å². The molecule has 2 aromatic heterocycles. The molecule has 0 fully saturated rings. The van der Waals surface area contributed by atoms with Crippen molar-refractivity contribution in [2.24, 2.45) is 0 Å². The standard InChI is InChI=1S/C11H8Cl2N4OS/c1-18-5-9-14-15-11-17(9)16-10(19-11)7-3-2-6(12)4-8(7)13/h2-4H,5H2,1H3. The SMILES string of the molecule is COCc1nnc2sc(-c3ccc(Cl)cc3Cl)nn12. The Kier molecular flexibility index (Phi) is 3.40. The van der Waals surface area contributed by atoms with Gasteiger partial charge in [-0.2, -0.15) is 9.61 Å². The Morgan fingerprint density at radius 2 is 2.16 bits per heavy atom. The zero-order valence-electron chi connectivity index (χ0n) is 9.80. The number of nitrogens with zero attached hydrogens (tertiary/aromatic N) is 4. The van der Waals surface area contributed by atoms with Gasteiger partial charge in [-0.25, -0.2) is 0 Å². The molecule has 1 aromatic carbocycles. The van der Waals surface area contributed by atoms with E-state index < -0.39 is 0 Å². The largest absolute Gasteiger partial charge is 0.377 e. The molecule has 0 atom stereocenters. The van der Waals surface area contributed by atoms with Crippen LogP contribution in [0.25, 0.3) is 15.5 Å². The van der Waals surface area contributed by atoms with Crippen molar-refractivity contribution in [3.63, 3.8) is 0 Å². The van der Waals surface area contributed by atoms with E-state index in [9.17, 15) is 0 Å². The average Bonchev–Trinajstić information content (AvgIpc) is 2.91. The minimum atomic E-state index is 0.360. The Morgan fingerprint density at radius 3 is 2.89 bits per heavy atom. The second-order valence-electron chi connectivity index (χ2n) is 3.78. The van der Waals surface area contributed by atoms with Gasteiger partial charge in [0.05, 0.1) is 5.02 Å². The van der Waals surface area contributed by atoms with Gasteiger partial charge in [0.2, 0.25) is 4.96 Å². The molecule has 0 unspecified atom stereocenters. The fraction of sp³-hybridized carbons (Fsp3) is 0.182. The van der Waals surface area contributed by atoms with Crippen LogP contribution < -0.4 is 0 Å². The summed E-state index contributed by atoms with van der Waals surface area (Å²) < 4.78 is 6.71. The molecular weight excluding hydrogens is 307 g/mol. The van der Waals surface area contributed by atoms with Crippen molar-refractivity contribution < 1.29 is 4.74 Å². The highest BCUT2D eigenvalue weighted by Gasteiger charge is 2.14. The normalized spacial score (nSPS) is 11.3. The summed E-state index contributed by atoms with van der Waals surface area (Å²) in [4.78, 5) is 0.702. The van der Waals surface area contributed by atoms with E-state index in [1.165, 1.54) is 11.3 Å². The molecule has 0 saturated heterocycles. The van der Waals surface area contributed by atoms with Crippen LogP contribution in [-0.4, -0.2) is 26.9 Å². The van der Waals surface area contributed by atoms with Crippen molar-refractivity contribution in [1.29, 1.82) is 0 Å². The lowest BCUT2D eigenvalue weighted by molar-refractivity contribution is 0.176. The lowest BCUT2D eigenvalue weighted by Crippen LogP contribution is -1.97. The molecule has 3 rings (SSSR count). The molecule has 0 aliphatic carbocycles. The topological polar surface area (TPSA) is 52.3 Å². The van der Waals surface area contributed by atoms with Gasteiger partial charge < -0.3 is 4.74 Å². The molecule has 0 aliphatic rings. The monoisotopic (exact) mass is 314 g/mol. The smallest absolute Gasteiger partial charge is 0.235 e. The Bertz CT molecular complexity index is 739. The minimum Gasteiger partial charge on any atom is -0.377 e. The summed E-state index contributed by atoms with van der Waals surface area (Å²) in [6.45, 7) is 0.360. The Balaban J connectivity index is 2.10. The number of benzene rings is 1. The molecule has 98 valence electrons. The highest BCUT2D eigenvalue weighted by molar-refractivity contribution is 7.19. The molecular formula is C11H8Cl2N4OS. The maximum atomic E-state index is 6.17. The second-order valence-corrected chi connectivity index (χ2v) is 5.57. The maximum Gasteiger partial charge on any atom is 0.235 e. The number of ether oxygens (including phenoxy) is 1. The highest BCUT2D eigenvalue weighted by Crippen LogP contribution is 2.33. The van der Waals surface area contributed by atoms with Gasteiger partial charge in [-0.3, -0.25) is 0 Å². The number of fused-ring (bicyclic) bond motifs is 1. The Labute approximate surface area is 122 Å². The van der Waals surface area contributed by atoms with Gasteiger partial charge in [0, 0.05) is 17.7 Å². The summed E-state index contributed by atoms with van der Waals surface area (Å²) in [5, 5.41) is 14.4. The molecule has 0 N–H and O–H groups in total. The number of hydrogen-bond acceptors (Lipinski definition) is 5. The lowest BCUT2D eigenvalue weighted by atomic mass is 10.2. The molecule has 0 bridgehead atoms. The van der Waals surface area contributed by atoms with Gasteiger partial charge >= 0.3 is 0 Å². The van der Waals surface area contributed by atoms with Crippen LogP contribution in [0.1, 0.15) is 5.82 Å². The van der Waals surface area contributed by atoms with Crippen LogP contribution in [0.5, 0.6) is 0 Å². The van der Waals surface area contributed by atoms with Gasteiger partial charge in [-0.15, -0.1) is 10.2 Å². The average molecular weight is 315 g/mol. The second kappa shape index (κ2) is 5.05. The van der Waals surface area contributed by atoms with Crippen molar-refractivity contribution >= 4 is 39.5 Å². The molecule has 0 radical (unpaired) electrons. The van der Waals surface area contributed by atoms with Crippen molar-refractivity contribution in [2.45, 2.75) is 6.61 Å². The molecule has 0 aliphatic heterocycles. The summed E-state index contributed by atoms with van der Waals surface area (Å²) >= 11 is 13.5. The third kappa shape index (κ3) is 2.32. The Morgan fingerprint density at radius 1 is 1.32 bits per heavy atom. The Hall–Kier alpha value is -1.21. The highest BCUT2D eigenvalue weighted by atomic mass is 35.5. The number of rotatable bonds is 3. The van der Waals surface area contributed by atoms with Gasteiger partial charge in [0.25, 0.3) is 0 Å². The van der Waals surface area contributed by atoms with Gasteiger partial charge in [0.1, 0.15) is 11.6 Å². The molecule has 0 saturated carbocycles. The predicted molar refractivity (Wildman–Crippen MR) is 74.8 cm³/mol. The van der Waals surface area contributed by atoms with Crippen molar-refractivity contribution in [3.8, 4) is 10.6 Å². The van der Waals surface area contributed by atoms with E-state index in [0.29, 0.717) is 27.4 Å². The number of hydrogen-bond donors (Lipinski definition) is 0. The molecule has 2 heterocycles. The van der Waals surface area contributed by atoms with Gasteiger partial charge in [-0.05, 0) is 18.2 Å². The minimum absolute atomic E-state index is 0.360. The quantitative estimate of drug-likeness (QED) is 0.744. The first-order chi connectivity index (χ1) is 9.19. The van der Waals surface area contributed by atoms with Crippen LogP contribution in [0.4, 0.5) is 0 Å². The fourth-order valence-corrected chi connectivity index (χ4v) is 3.10. The van der Waals surface area contributed by atoms with Crippen LogP contribution in [0, 0.1) is 0 Å². The summed E-state index contributed by atoms with van der Waals surface area (Å²) in [5.41, 5.74) is 0.824. The van der Waals surface area contributed by atoms with E-state index in [1.54, 1.807) is 23.8 Å². The van der Waals surface area contributed by atoms with E-state index in [-0.39, 0.29) is 0 Å². The summed E-state index contributed by atoms with van der Waals surface area (Å²) in [6.07, 6.45) is 0. The summed E-state index contributed by atoms with van der Waals surface area (Å²) in [5.74, 6) is 0.657. The zero-order valence-corrected chi connectivity index (χ0v) is 12.1. The molecule has 3 aromatic rings. The van der Waals surface area contributed by atoms with Crippen LogP contribution in [-0.2, 0) is 11.3 Å². The molecule has 0 amide bonds. The van der Waals surface area contributed by atoms with Crippen molar-refractivity contribution in [3.05, 3.63) is 34.1 Å². The first kappa shape index (κ1) is 12.8. The van der Waals surface area contributed by atoms with E-state index >= 15 is 0 Å². The van der Waals surface area contributed by atoms with Crippen LogP contribution in [0.15, 0.2) is 18.2 Å². The summed E-state index contributed by atoms with van der Waals surface area (Å²) in [6, 6.07) is 5.31. The zero-order chi connectivity index (χ0) is 13.4. The maximum absolute atomic E-state index is 6.17. The first-order valence-electron chi connectivity index (χ1n) is 5.34. The lowest BCUT2D eigenvalue weighted by Gasteiger charge is -1.99. The number of halogens is 2. The van der Waals surface area contributed by atoms with E-state index in [4.69, 9.17) is 27.9 Å². The third-order valence-corrected chi connectivity index (χ3v) is 3.97. The molecule has 19 heavy (non-hydrogen) atoms. The van der Waals surface area contributed by atoms with E-state index in [2.05, 4.69) is 15.3 Å².